The van der Waals surface area contributed by atoms with Gasteiger partial charge in [-0.3, -0.25) is 0 Å². The summed E-state index contributed by atoms with van der Waals surface area (Å²) >= 11 is 3.44. The largest absolute Gasteiger partial charge is 0.489 e. The zero-order valence-electron chi connectivity index (χ0n) is 40.2. The van der Waals surface area contributed by atoms with Crippen LogP contribution in [0.15, 0.2) is 124 Å². The molecule has 14 heteroatoms. The number of aryl methyl sites for hydroxylation is 2. The Kier molecular flexibility index (Phi) is 15.2. The number of hydrogen-bond donors (Lipinski definition) is 2. The van der Waals surface area contributed by atoms with E-state index in [1.54, 1.807) is 25.1 Å². The lowest BCUT2D eigenvalue weighted by atomic mass is 9.83. The van der Waals surface area contributed by atoms with Crippen LogP contribution >= 0.6 is 15.9 Å². The summed E-state index contributed by atoms with van der Waals surface area (Å²) in [7, 11) is -0.808. The van der Waals surface area contributed by atoms with Crippen LogP contribution in [0.25, 0.3) is 55.4 Å². The van der Waals surface area contributed by atoms with Gasteiger partial charge in [-0.25, -0.2) is 9.97 Å². The first-order valence-electron chi connectivity index (χ1n) is 22.6. The van der Waals surface area contributed by atoms with Gasteiger partial charge in [-0.05, 0) is 110 Å². The summed E-state index contributed by atoms with van der Waals surface area (Å²) in [6.45, 7) is 28.2. The highest BCUT2D eigenvalue weighted by atomic mass is 79.9. The molecule has 0 aliphatic carbocycles. The van der Waals surface area contributed by atoms with E-state index >= 15 is 0 Å². The van der Waals surface area contributed by atoms with Crippen molar-refractivity contribution in [1.82, 2.24) is 27.6 Å². The minimum absolute atomic E-state index is 0.592. The highest BCUT2D eigenvalue weighted by molar-refractivity contribution is 9.10. The van der Waals surface area contributed by atoms with Crippen LogP contribution in [0.1, 0.15) is 83.1 Å². The Morgan fingerprint density at radius 3 is 1.41 bits per heavy atom. The molecule has 2 N–H and O–H groups in total. The summed E-state index contributed by atoms with van der Waals surface area (Å²) in [5.41, 5.74) is 13.2. The molecule has 8 aromatic heterocycles. The van der Waals surface area contributed by atoms with Crippen molar-refractivity contribution in [1.29, 1.82) is 0 Å². The third kappa shape index (κ3) is 9.13. The quantitative estimate of drug-likeness (QED) is 0.118. The highest BCUT2D eigenvalue weighted by Gasteiger charge is 2.46. The lowest BCUT2D eigenvalue weighted by molar-refractivity contribution is 0.426. The van der Waals surface area contributed by atoms with Crippen molar-refractivity contribution in [2.24, 2.45) is 14.1 Å². The molecule has 0 spiro atoms. The summed E-state index contributed by atoms with van der Waals surface area (Å²) in [5, 5.41) is 20.8. The molecule has 0 aromatic carbocycles. The van der Waals surface area contributed by atoms with Gasteiger partial charge in [0.2, 0.25) is 0 Å². The van der Waals surface area contributed by atoms with E-state index in [0.29, 0.717) is 38.7 Å². The summed E-state index contributed by atoms with van der Waals surface area (Å²) in [5.74, 6) is 0. The zero-order chi connectivity index (χ0) is 46.8. The molecule has 0 atom stereocenters. The van der Waals surface area contributed by atoms with E-state index in [1.165, 1.54) is 5.56 Å². The number of fused-ring (bicyclic) bond motifs is 2. The number of rotatable bonds is 12. The van der Waals surface area contributed by atoms with E-state index in [2.05, 4.69) is 160 Å². The van der Waals surface area contributed by atoms with Crippen molar-refractivity contribution in [3.8, 4) is 33.4 Å². The fourth-order valence-corrected chi connectivity index (χ4v) is 24.7. The standard InChI is InChI=1S/C25H33N3OSi.C13H26BNO2Si.C12H9BrN2O/c1-17(2)30(18(3)4,19(5)6)28-10-8-20(14-28)22-12-23-24(21-9-11-29-16-21)15-27(7)25(23)26-13-22;1-10(2)18(11(3)4,12(5)6)15-8-7-13(9-15)14(16)17;1-15-6-11(8-2-3-16-7-8)10-4-9(13)5-14-12(10)15/h8-19H,1-7H3;7-12,16-17H,1-6H3;2-7H,1H3. The van der Waals surface area contributed by atoms with Crippen LogP contribution in [0.3, 0.4) is 0 Å². The van der Waals surface area contributed by atoms with Crippen molar-refractivity contribution >= 4 is 67.0 Å². The van der Waals surface area contributed by atoms with Crippen LogP contribution in [0.2, 0.25) is 33.2 Å². The van der Waals surface area contributed by atoms with Gasteiger partial charge in [0, 0.05) is 93.7 Å². The minimum atomic E-state index is -1.74. The molecule has 0 aliphatic rings. The second kappa shape index (κ2) is 19.9. The van der Waals surface area contributed by atoms with Gasteiger partial charge in [0.05, 0.1) is 25.1 Å². The molecule has 8 heterocycles. The van der Waals surface area contributed by atoms with Crippen molar-refractivity contribution in [2.75, 3.05) is 0 Å². The summed E-state index contributed by atoms with van der Waals surface area (Å²) < 4.78 is 20.4. The van der Waals surface area contributed by atoms with Gasteiger partial charge >= 0.3 is 7.12 Å². The predicted octanol–water partition coefficient (Wildman–Crippen LogP) is 13.1. The predicted molar refractivity (Wildman–Crippen MR) is 275 cm³/mol. The van der Waals surface area contributed by atoms with Crippen LogP contribution in [-0.2, 0) is 14.1 Å². The lowest BCUT2D eigenvalue weighted by Gasteiger charge is -2.44. The Labute approximate surface area is 390 Å². The van der Waals surface area contributed by atoms with Gasteiger partial charge in [0.15, 0.2) is 16.5 Å². The Bertz CT molecular complexity index is 2700. The average Bonchev–Trinajstić information content (AvgIpc) is 4.09. The molecule has 0 aliphatic heterocycles. The summed E-state index contributed by atoms with van der Waals surface area (Å²) in [4.78, 5) is 9.20. The van der Waals surface area contributed by atoms with Gasteiger partial charge in [-0.2, -0.15) is 0 Å². The number of aromatic nitrogens is 6. The molecular weight excluding hydrogens is 895 g/mol. The monoisotopic (exact) mass is 962 g/mol. The van der Waals surface area contributed by atoms with E-state index in [9.17, 15) is 10.0 Å². The molecule has 0 bridgehead atoms. The molecule has 8 aromatic rings. The van der Waals surface area contributed by atoms with E-state index in [0.717, 1.165) is 54.4 Å². The van der Waals surface area contributed by atoms with E-state index in [4.69, 9.17) is 13.8 Å². The van der Waals surface area contributed by atoms with E-state index < -0.39 is 23.6 Å². The van der Waals surface area contributed by atoms with Crippen LogP contribution in [0, 0.1) is 0 Å². The molecule has 0 fully saturated rings. The van der Waals surface area contributed by atoms with Crippen molar-refractivity contribution in [2.45, 2.75) is 116 Å². The molecule has 0 saturated heterocycles. The number of furan rings is 2. The SMILES string of the molecule is CC(C)[Si](C(C)C)(C(C)C)n1ccc(-c2cnc3c(c2)c(-c2ccoc2)cn3C)c1.CC(C)[Si](C(C)C)(C(C)C)n1ccc(B(O)O)c1.Cn1cc(-c2ccoc2)c2cc(Br)cnc21. The Hall–Kier alpha value is -4.60. The fourth-order valence-electron chi connectivity index (χ4n) is 11.4. The molecule has 8 rings (SSSR count). The minimum Gasteiger partial charge on any atom is -0.472 e. The highest BCUT2D eigenvalue weighted by Crippen LogP contribution is 2.44. The molecule has 0 saturated carbocycles. The molecule has 0 amide bonds. The summed E-state index contributed by atoms with van der Waals surface area (Å²) in [6, 6.07) is 12.4. The average molecular weight is 964 g/mol. The van der Waals surface area contributed by atoms with Gasteiger partial charge in [0.25, 0.3) is 0 Å². The first-order chi connectivity index (χ1) is 30.3. The number of pyridine rings is 2. The van der Waals surface area contributed by atoms with E-state index in [1.807, 2.05) is 61.6 Å². The Morgan fingerprint density at radius 1 is 0.547 bits per heavy atom. The summed E-state index contributed by atoms with van der Waals surface area (Å²) in [6.07, 6.45) is 23.6. The van der Waals surface area contributed by atoms with Gasteiger partial charge in [0.1, 0.15) is 11.3 Å². The molecule has 0 radical (unpaired) electrons. The first-order valence-corrected chi connectivity index (χ1v) is 27.8. The van der Waals surface area contributed by atoms with Crippen molar-refractivity contribution in [3.63, 3.8) is 0 Å². The molecular formula is C50H68BBrN6O4Si2. The normalized spacial score (nSPS) is 12.4. The number of halogens is 1. The van der Waals surface area contributed by atoms with Gasteiger partial charge in [-0.15, -0.1) is 0 Å². The third-order valence-corrected chi connectivity index (χ3v) is 27.6. The zero-order valence-corrected chi connectivity index (χ0v) is 43.8. The van der Waals surface area contributed by atoms with Crippen LogP contribution < -0.4 is 5.46 Å². The van der Waals surface area contributed by atoms with Crippen LogP contribution in [-0.4, -0.2) is 61.2 Å². The maximum absolute atomic E-state index is 9.28. The van der Waals surface area contributed by atoms with Crippen LogP contribution in [0.5, 0.6) is 0 Å². The first kappa shape index (κ1) is 48.8. The topological polar surface area (TPSA) is 112 Å². The van der Waals surface area contributed by atoms with Gasteiger partial charge in [-0.1, -0.05) is 83.1 Å². The van der Waals surface area contributed by atoms with E-state index in [-0.39, 0.29) is 0 Å². The van der Waals surface area contributed by atoms with Gasteiger partial charge < -0.3 is 36.5 Å². The number of nitrogens with zero attached hydrogens (tertiary/aromatic N) is 6. The fraction of sp³-hybridized carbons (Fsp3) is 0.400. The third-order valence-electron chi connectivity index (χ3n) is 13.7. The maximum Gasteiger partial charge on any atom is 0.489 e. The molecule has 64 heavy (non-hydrogen) atoms. The second-order valence-electron chi connectivity index (χ2n) is 19.2. The molecule has 340 valence electrons. The van der Waals surface area contributed by atoms with Crippen molar-refractivity contribution in [3.05, 3.63) is 115 Å². The van der Waals surface area contributed by atoms with Crippen molar-refractivity contribution < 1.29 is 18.9 Å². The smallest absolute Gasteiger partial charge is 0.472 e. The Morgan fingerprint density at radius 2 is 0.984 bits per heavy atom. The van der Waals surface area contributed by atoms with Crippen LogP contribution in [0.4, 0.5) is 0 Å². The maximum atomic E-state index is 9.28. The lowest BCUT2D eigenvalue weighted by Crippen LogP contribution is -2.51. The Balaban J connectivity index is 0.000000171. The molecule has 10 nitrogen and oxygen atoms in total. The molecule has 0 unspecified atom stereocenters. The second-order valence-corrected chi connectivity index (χ2v) is 31.6. The number of hydrogen-bond acceptors (Lipinski definition) is 6.